The predicted molar refractivity (Wildman–Crippen MR) is 57.0 cm³/mol. The number of alkyl halides is 4. The van der Waals surface area contributed by atoms with Gasteiger partial charge in [0.05, 0.1) is 6.20 Å². The number of amides is 1. The minimum Gasteiger partial charge on any atom is -0.303 e. The lowest BCUT2D eigenvalue weighted by atomic mass is 10.3. The lowest BCUT2D eigenvalue weighted by Crippen LogP contribution is -2.41. The molecule has 94 valence electrons. The monoisotopic (exact) mass is 379 g/mol. The van der Waals surface area contributed by atoms with E-state index in [-0.39, 0.29) is 15.0 Å². The highest BCUT2D eigenvalue weighted by Gasteiger charge is 2.49. The van der Waals surface area contributed by atoms with E-state index in [2.05, 4.69) is 41.8 Å². The Hall–Kier alpha value is -0.770. The maximum absolute atomic E-state index is 12.6. The molecule has 0 spiro atoms. The van der Waals surface area contributed by atoms with Gasteiger partial charge in [-0.05, 0) is 31.9 Å². The van der Waals surface area contributed by atoms with Gasteiger partial charge in [-0.25, -0.2) is 18.7 Å². The fourth-order valence-electron chi connectivity index (χ4n) is 0.720. The maximum Gasteiger partial charge on any atom is 0.383 e. The molecule has 0 aliphatic heterocycles. The zero-order chi connectivity index (χ0) is 13.2. The van der Waals surface area contributed by atoms with Gasteiger partial charge in [-0.15, -0.1) is 0 Å². The van der Waals surface area contributed by atoms with Gasteiger partial charge in [-0.2, -0.15) is 8.78 Å². The summed E-state index contributed by atoms with van der Waals surface area (Å²) in [5, 5.41) is 1.55. The Morgan fingerprint density at radius 2 is 2.00 bits per heavy atom. The molecule has 1 rings (SSSR count). The average Bonchev–Trinajstić information content (AvgIpc) is 2.21. The largest absolute Gasteiger partial charge is 0.383 e. The minimum absolute atomic E-state index is 0.0645. The number of nitrogens with one attached hydrogen (secondary N) is 1. The molecule has 0 aliphatic rings. The van der Waals surface area contributed by atoms with E-state index in [1.54, 1.807) is 5.32 Å². The Bertz CT molecular complexity index is 443. The molecule has 0 saturated heterocycles. The van der Waals surface area contributed by atoms with Gasteiger partial charge in [0.25, 0.3) is 0 Å². The van der Waals surface area contributed by atoms with E-state index in [0.29, 0.717) is 0 Å². The van der Waals surface area contributed by atoms with Gasteiger partial charge in [0, 0.05) is 0 Å². The second kappa shape index (κ2) is 5.25. The third-order valence-electron chi connectivity index (χ3n) is 1.51. The van der Waals surface area contributed by atoms with Crippen LogP contribution in [-0.2, 0) is 4.79 Å². The van der Waals surface area contributed by atoms with E-state index >= 15 is 0 Å². The van der Waals surface area contributed by atoms with Gasteiger partial charge in [0.2, 0.25) is 0 Å². The van der Waals surface area contributed by atoms with E-state index in [9.17, 15) is 22.4 Å². The first-order valence-electron chi connectivity index (χ1n) is 3.90. The number of hydrogen-bond acceptors (Lipinski definition) is 3. The number of rotatable bonds is 3. The van der Waals surface area contributed by atoms with Crippen LogP contribution in [-0.4, -0.2) is 28.2 Å². The standard InChI is InChI=1S/C7H3Br2F4N3O/c8-2-1-14-4(3(9)15-2)16-6(17)7(12,13)5(10)11/h1,5H,(H,14,16,17). The summed E-state index contributed by atoms with van der Waals surface area (Å²) >= 11 is 5.77. The number of hydrogen-bond donors (Lipinski definition) is 1. The van der Waals surface area contributed by atoms with Crippen LogP contribution in [0.2, 0.25) is 0 Å². The smallest absolute Gasteiger partial charge is 0.303 e. The van der Waals surface area contributed by atoms with Crippen molar-refractivity contribution in [2.24, 2.45) is 0 Å². The van der Waals surface area contributed by atoms with Crippen LogP contribution >= 0.6 is 31.9 Å². The molecule has 1 aromatic rings. The summed E-state index contributed by atoms with van der Waals surface area (Å²) < 4.78 is 49.1. The van der Waals surface area contributed by atoms with Crippen LogP contribution in [0.25, 0.3) is 0 Å². The number of anilines is 1. The van der Waals surface area contributed by atoms with Crippen molar-refractivity contribution in [3.05, 3.63) is 15.4 Å². The molecule has 1 aromatic heterocycles. The molecular weight excluding hydrogens is 378 g/mol. The van der Waals surface area contributed by atoms with Crippen molar-refractivity contribution < 1.29 is 22.4 Å². The quantitative estimate of drug-likeness (QED) is 0.820. The number of halogens is 6. The average molecular weight is 381 g/mol. The third kappa shape index (κ3) is 3.35. The summed E-state index contributed by atoms with van der Waals surface area (Å²) in [6.45, 7) is 0. The van der Waals surface area contributed by atoms with Gasteiger partial charge in [-0.1, -0.05) is 0 Å². The highest BCUT2D eigenvalue weighted by atomic mass is 79.9. The summed E-state index contributed by atoms with van der Waals surface area (Å²) in [6.07, 6.45) is -2.98. The normalized spacial score (nSPS) is 11.7. The molecule has 10 heteroatoms. The van der Waals surface area contributed by atoms with Gasteiger partial charge in [-0.3, -0.25) is 4.79 Å². The molecule has 0 saturated carbocycles. The molecule has 0 aromatic carbocycles. The first kappa shape index (κ1) is 14.3. The number of aromatic nitrogens is 2. The molecule has 1 heterocycles. The van der Waals surface area contributed by atoms with Gasteiger partial charge in [0.15, 0.2) is 5.82 Å². The van der Waals surface area contributed by atoms with Crippen LogP contribution in [0.15, 0.2) is 15.4 Å². The number of carbonyl (C=O) groups is 1. The topological polar surface area (TPSA) is 54.9 Å². The first-order chi connectivity index (χ1) is 7.75. The van der Waals surface area contributed by atoms with E-state index in [0.717, 1.165) is 6.20 Å². The lowest BCUT2D eigenvalue weighted by molar-refractivity contribution is -0.163. The highest BCUT2D eigenvalue weighted by Crippen LogP contribution is 2.26. The maximum atomic E-state index is 12.6. The molecule has 0 bridgehead atoms. The third-order valence-corrected chi connectivity index (χ3v) is 2.44. The molecular formula is C7H3Br2F4N3O. The van der Waals surface area contributed by atoms with Crippen molar-refractivity contribution in [1.82, 2.24) is 9.97 Å². The molecule has 0 radical (unpaired) electrons. The van der Waals surface area contributed by atoms with Crippen LogP contribution in [0.5, 0.6) is 0 Å². The summed E-state index contributed by atoms with van der Waals surface area (Å²) in [6, 6.07) is 0. The molecule has 0 unspecified atom stereocenters. The Kier molecular flexibility index (Phi) is 4.42. The van der Waals surface area contributed by atoms with Crippen LogP contribution in [0.3, 0.4) is 0 Å². The van der Waals surface area contributed by atoms with Crippen molar-refractivity contribution in [3.63, 3.8) is 0 Å². The summed E-state index contributed by atoms with van der Waals surface area (Å²) in [5.41, 5.74) is 0. The molecule has 4 nitrogen and oxygen atoms in total. The second-order valence-electron chi connectivity index (χ2n) is 2.71. The minimum atomic E-state index is -4.78. The van der Waals surface area contributed by atoms with Gasteiger partial charge < -0.3 is 5.32 Å². The van der Waals surface area contributed by atoms with Crippen molar-refractivity contribution in [3.8, 4) is 0 Å². The summed E-state index contributed by atoms with van der Waals surface area (Å²) in [7, 11) is 0. The van der Waals surface area contributed by atoms with Crippen LogP contribution in [0.4, 0.5) is 23.4 Å². The Morgan fingerprint density at radius 3 is 2.47 bits per heavy atom. The molecule has 0 fully saturated rings. The Labute approximate surface area is 109 Å². The van der Waals surface area contributed by atoms with E-state index < -0.39 is 18.3 Å². The fourth-order valence-corrected chi connectivity index (χ4v) is 1.63. The zero-order valence-corrected chi connectivity index (χ0v) is 10.9. The number of carbonyl (C=O) groups excluding carboxylic acids is 1. The van der Waals surface area contributed by atoms with Crippen LogP contribution < -0.4 is 5.32 Å². The molecule has 1 amide bonds. The summed E-state index contributed by atoms with van der Waals surface area (Å²) in [4.78, 5) is 18.1. The van der Waals surface area contributed by atoms with E-state index in [4.69, 9.17) is 0 Å². The lowest BCUT2D eigenvalue weighted by Gasteiger charge is -2.14. The fraction of sp³-hybridized carbons (Fsp3) is 0.286. The van der Waals surface area contributed by atoms with Gasteiger partial charge >= 0.3 is 18.3 Å². The van der Waals surface area contributed by atoms with Crippen molar-refractivity contribution in [2.45, 2.75) is 12.3 Å². The van der Waals surface area contributed by atoms with Crippen LogP contribution in [0.1, 0.15) is 0 Å². The van der Waals surface area contributed by atoms with E-state index in [1.165, 1.54) is 0 Å². The first-order valence-corrected chi connectivity index (χ1v) is 5.49. The van der Waals surface area contributed by atoms with Crippen molar-refractivity contribution in [1.29, 1.82) is 0 Å². The molecule has 1 N–H and O–H groups in total. The number of nitrogens with zero attached hydrogens (tertiary/aromatic N) is 2. The Morgan fingerprint density at radius 1 is 1.41 bits per heavy atom. The van der Waals surface area contributed by atoms with Crippen molar-refractivity contribution in [2.75, 3.05) is 5.32 Å². The van der Waals surface area contributed by atoms with Crippen molar-refractivity contribution >= 4 is 43.6 Å². The predicted octanol–water partition coefficient (Wildman–Crippen LogP) is 2.84. The summed E-state index contributed by atoms with van der Waals surface area (Å²) in [5.74, 6) is -7.31. The van der Waals surface area contributed by atoms with Gasteiger partial charge in [0.1, 0.15) is 9.21 Å². The highest BCUT2D eigenvalue weighted by molar-refractivity contribution is 9.11. The second-order valence-corrected chi connectivity index (χ2v) is 4.27. The molecule has 17 heavy (non-hydrogen) atoms. The SMILES string of the molecule is O=C(Nc1ncc(Br)nc1Br)C(F)(F)C(F)F. The Balaban J connectivity index is 2.89. The molecule has 0 aliphatic carbocycles. The van der Waals surface area contributed by atoms with E-state index in [1.807, 2.05) is 0 Å². The zero-order valence-electron chi connectivity index (χ0n) is 7.73. The molecule has 0 atom stereocenters. The van der Waals surface area contributed by atoms with Crippen LogP contribution in [0, 0.1) is 0 Å².